The molecule has 26 heavy (non-hydrogen) atoms. The predicted octanol–water partition coefficient (Wildman–Crippen LogP) is 5.29. The van der Waals surface area contributed by atoms with Crippen molar-refractivity contribution in [1.82, 2.24) is 0 Å². The van der Waals surface area contributed by atoms with Crippen molar-refractivity contribution in [2.24, 2.45) is 0 Å². The van der Waals surface area contributed by atoms with Crippen LogP contribution in [-0.2, 0) is 9.59 Å². The average molecular weight is 393 g/mol. The van der Waals surface area contributed by atoms with Gasteiger partial charge in [-0.25, -0.2) is 9.59 Å². The molecule has 0 N–H and O–H groups in total. The topological polar surface area (TPSA) is 52.6 Å². The molecule has 0 heterocycles. The fourth-order valence-electron chi connectivity index (χ4n) is 2.37. The number of halogens is 2. The fraction of sp³-hybridized carbons (Fsp3) is 0.200. The Morgan fingerprint density at radius 1 is 0.692 bits per heavy atom. The first-order valence-electron chi connectivity index (χ1n) is 7.82. The van der Waals surface area contributed by atoms with Crippen molar-refractivity contribution in [3.63, 3.8) is 0 Å². The zero-order valence-electron chi connectivity index (χ0n) is 14.9. The van der Waals surface area contributed by atoms with Crippen LogP contribution in [0, 0.1) is 27.7 Å². The monoisotopic (exact) mass is 392 g/mol. The summed E-state index contributed by atoms with van der Waals surface area (Å²) in [4.78, 5) is 23.7. The van der Waals surface area contributed by atoms with E-state index in [9.17, 15) is 9.59 Å². The first-order chi connectivity index (χ1) is 12.2. The Hall–Kier alpha value is -2.30. The molecule has 0 atom stereocenters. The number of esters is 2. The molecule has 0 aliphatic carbocycles. The number of hydrogen-bond donors (Lipinski definition) is 0. The molecule has 2 rings (SSSR count). The summed E-state index contributed by atoms with van der Waals surface area (Å²) < 4.78 is 10.4. The molecule has 0 fully saturated rings. The zero-order valence-corrected chi connectivity index (χ0v) is 16.4. The zero-order chi connectivity index (χ0) is 19.4. The summed E-state index contributed by atoms with van der Waals surface area (Å²) in [7, 11) is 0. The van der Waals surface area contributed by atoms with Gasteiger partial charge in [0.25, 0.3) is 0 Å². The highest BCUT2D eigenvalue weighted by molar-refractivity contribution is 6.32. The first-order valence-corrected chi connectivity index (χ1v) is 8.58. The van der Waals surface area contributed by atoms with Crippen molar-refractivity contribution in [3.8, 4) is 11.5 Å². The maximum atomic E-state index is 11.9. The van der Waals surface area contributed by atoms with Crippen molar-refractivity contribution in [2.45, 2.75) is 27.7 Å². The van der Waals surface area contributed by atoms with Gasteiger partial charge in [-0.1, -0.05) is 23.2 Å². The van der Waals surface area contributed by atoms with Crippen LogP contribution in [0.5, 0.6) is 11.5 Å². The van der Waals surface area contributed by atoms with E-state index in [0.29, 0.717) is 21.5 Å². The van der Waals surface area contributed by atoms with E-state index in [1.165, 1.54) is 0 Å². The lowest BCUT2D eigenvalue weighted by Crippen LogP contribution is -2.08. The third-order valence-electron chi connectivity index (χ3n) is 3.61. The van der Waals surface area contributed by atoms with E-state index >= 15 is 0 Å². The molecule has 0 bridgehead atoms. The molecule has 0 spiro atoms. The molecule has 0 saturated carbocycles. The third-order valence-corrected chi connectivity index (χ3v) is 4.80. The molecule has 6 heteroatoms. The molecular formula is C20H18Cl2O4. The van der Waals surface area contributed by atoms with Gasteiger partial charge < -0.3 is 9.47 Å². The molecule has 0 unspecified atom stereocenters. The highest BCUT2D eigenvalue weighted by Crippen LogP contribution is 2.27. The van der Waals surface area contributed by atoms with Gasteiger partial charge in [0.05, 0.1) is 0 Å². The third kappa shape index (κ3) is 5.10. The lowest BCUT2D eigenvalue weighted by molar-refractivity contribution is -0.131. The second kappa shape index (κ2) is 8.39. The second-order valence-electron chi connectivity index (χ2n) is 5.92. The van der Waals surface area contributed by atoms with E-state index in [1.54, 1.807) is 24.3 Å². The Morgan fingerprint density at radius 3 is 1.23 bits per heavy atom. The van der Waals surface area contributed by atoms with Crippen LogP contribution in [0.3, 0.4) is 0 Å². The Bertz CT molecular complexity index is 781. The van der Waals surface area contributed by atoms with Crippen LogP contribution in [0.2, 0.25) is 10.0 Å². The summed E-state index contributed by atoms with van der Waals surface area (Å²) >= 11 is 12.1. The number of hydrogen-bond acceptors (Lipinski definition) is 4. The summed E-state index contributed by atoms with van der Waals surface area (Å²) in [5.74, 6) is -0.661. The van der Waals surface area contributed by atoms with Crippen LogP contribution in [0.1, 0.15) is 22.3 Å². The summed E-state index contributed by atoms with van der Waals surface area (Å²) in [6, 6.07) is 6.61. The number of benzene rings is 2. The smallest absolute Gasteiger partial charge is 0.336 e. The maximum absolute atomic E-state index is 11.9. The predicted molar refractivity (Wildman–Crippen MR) is 102 cm³/mol. The number of rotatable bonds is 4. The molecule has 136 valence electrons. The second-order valence-corrected chi connectivity index (χ2v) is 6.67. The molecule has 0 aliphatic rings. The number of carbonyl (C=O) groups is 2. The molecular weight excluding hydrogens is 375 g/mol. The first kappa shape index (κ1) is 20.0. The number of ether oxygens (including phenoxy) is 2. The normalized spacial score (nSPS) is 10.8. The summed E-state index contributed by atoms with van der Waals surface area (Å²) in [6.07, 6.45) is 2.02. The molecule has 0 aliphatic heterocycles. The Kier molecular flexibility index (Phi) is 6.46. The highest BCUT2D eigenvalue weighted by Gasteiger charge is 2.09. The van der Waals surface area contributed by atoms with Gasteiger partial charge in [-0.15, -0.1) is 0 Å². The quantitative estimate of drug-likeness (QED) is 0.402. The molecule has 0 aromatic heterocycles. The van der Waals surface area contributed by atoms with Crippen LogP contribution >= 0.6 is 23.2 Å². The largest absolute Gasteiger partial charge is 0.423 e. The molecule has 0 saturated heterocycles. The minimum absolute atomic E-state index is 0.358. The number of carbonyl (C=O) groups excluding carboxylic acids is 2. The van der Waals surface area contributed by atoms with Crippen molar-refractivity contribution in [1.29, 1.82) is 0 Å². The standard InChI is InChI=1S/C20H18Cl2O4/c1-11-7-15(8-12(2)19(11)21)25-17(23)5-6-18(24)26-16-9-13(3)20(22)14(4)10-16/h5-10H,1-4H3. The van der Waals surface area contributed by atoms with Gasteiger partial charge in [0.15, 0.2) is 0 Å². The Morgan fingerprint density at radius 2 is 0.962 bits per heavy atom. The van der Waals surface area contributed by atoms with E-state index < -0.39 is 11.9 Å². The van der Waals surface area contributed by atoms with Crippen molar-refractivity contribution in [2.75, 3.05) is 0 Å². The van der Waals surface area contributed by atoms with Gasteiger partial charge in [-0.3, -0.25) is 0 Å². The van der Waals surface area contributed by atoms with Crippen LogP contribution in [-0.4, -0.2) is 11.9 Å². The van der Waals surface area contributed by atoms with Gasteiger partial charge in [0.2, 0.25) is 0 Å². The van der Waals surface area contributed by atoms with Gasteiger partial charge in [0.1, 0.15) is 11.5 Å². The van der Waals surface area contributed by atoms with E-state index in [0.717, 1.165) is 34.4 Å². The molecule has 0 radical (unpaired) electrons. The van der Waals surface area contributed by atoms with Crippen LogP contribution < -0.4 is 9.47 Å². The lowest BCUT2D eigenvalue weighted by Gasteiger charge is -2.07. The van der Waals surface area contributed by atoms with Crippen molar-refractivity contribution in [3.05, 3.63) is 68.7 Å². The van der Waals surface area contributed by atoms with Gasteiger partial charge in [0, 0.05) is 22.2 Å². The summed E-state index contributed by atoms with van der Waals surface area (Å²) in [5.41, 5.74) is 3.19. The molecule has 2 aromatic rings. The molecule has 2 aromatic carbocycles. The summed E-state index contributed by atoms with van der Waals surface area (Å²) in [6.45, 7) is 7.26. The van der Waals surface area contributed by atoms with E-state index in [1.807, 2.05) is 27.7 Å². The van der Waals surface area contributed by atoms with E-state index in [-0.39, 0.29) is 0 Å². The van der Waals surface area contributed by atoms with Crippen LogP contribution in [0.4, 0.5) is 0 Å². The van der Waals surface area contributed by atoms with Crippen molar-refractivity contribution < 1.29 is 19.1 Å². The Balaban J connectivity index is 2.00. The fourth-order valence-corrected chi connectivity index (χ4v) is 2.58. The minimum Gasteiger partial charge on any atom is -0.423 e. The van der Waals surface area contributed by atoms with Gasteiger partial charge >= 0.3 is 11.9 Å². The highest BCUT2D eigenvalue weighted by atomic mass is 35.5. The van der Waals surface area contributed by atoms with Gasteiger partial charge in [-0.05, 0) is 74.2 Å². The molecule has 4 nitrogen and oxygen atoms in total. The SMILES string of the molecule is Cc1cc(OC(=O)C=CC(=O)Oc2cc(C)c(Cl)c(C)c2)cc(C)c1Cl. The number of aryl methyl sites for hydroxylation is 4. The van der Waals surface area contributed by atoms with E-state index in [4.69, 9.17) is 32.7 Å². The average Bonchev–Trinajstić information content (AvgIpc) is 2.55. The minimum atomic E-state index is -0.688. The van der Waals surface area contributed by atoms with Crippen LogP contribution in [0.15, 0.2) is 36.4 Å². The van der Waals surface area contributed by atoms with Crippen molar-refractivity contribution >= 4 is 35.1 Å². The van der Waals surface area contributed by atoms with Crippen LogP contribution in [0.25, 0.3) is 0 Å². The summed E-state index contributed by atoms with van der Waals surface area (Å²) in [5, 5.41) is 1.25. The lowest BCUT2D eigenvalue weighted by atomic mass is 10.1. The maximum Gasteiger partial charge on any atom is 0.336 e. The Labute approximate surface area is 162 Å². The van der Waals surface area contributed by atoms with E-state index in [2.05, 4.69) is 0 Å². The van der Waals surface area contributed by atoms with Gasteiger partial charge in [-0.2, -0.15) is 0 Å². The molecule has 0 amide bonds.